The molecule has 0 N–H and O–H groups in total. The third kappa shape index (κ3) is 7.07. The first-order chi connectivity index (χ1) is 11.4. The summed E-state index contributed by atoms with van der Waals surface area (Å²) >= 11 is 0. The largest absolute Gasteiger partial charge is 0.453 e. The second kappa shape index (κ2) is 10.5. The van der Waals surface area contributed by atoms with Crippen LogP contribution in [0.2, 0.25) is 0 Å². The maximum absolute atomic E-state index is 11.6. The molecule has 1 rings (SSSR count). The summed E-state index contributed by atoms with van der Waals surface area (Å²) in [6.45, 7) is 10.5. The van der Waals surface area contributed by atoms with E-state index < -0.39 is 5.41 Å². The third-order valence-corrected chi connectivity index (χ3v) is 4.76. The highest BCUT2D eigenvalue weighted by atomic mass is 16.6. The minimum absolute atomic E-state index is 0.440. The van der Waals surface area contributed by atoms with E-state index in [4.69, 9.17) is 4.74 Å². The summed E-state index contributed by atoms with van der Waals surface area (Å²) < 4.78 is 5.72. The highest BCUT2D eigenvalue weighted by molar-refractivity contribution is 5.67. The zero-order valence-electron chi connectivity index (χ0n) is 16.4. The van der Waals surface area contributed by atoms with Gasteiger partial charge < -0.3 is 9.53 Å². The van der Waals surface area contributed by atoms with E-state index in [1.807, 2.05) is 6.92 Å². The molecule has 1 aliphatic rings. The van der Waals surface area contributed by atoms with Crippen molar-refractivity contribution < 1.29 is 9.53 Å². The van der Waals surface area contributed by atoms with Crippen molar-refractivity contribution >= 4 is 6.29 Å². The number of carbonyl (C=O) groups is 1. The molecule has 1 aliphatic heterocycles. The molecule has 2 heteroatoms. The van der Waals surface area contributed by atoms with Crippen molar-refractivity contribution in [1.82, 2.24) is 0 Å². The number of hydrogen-bond acceptors (Lipinski definition) is 2. The van der Waals surface area contributed by atoms with Crippen molar-refractivity contribution in [3.8, 4) is 0 Å². The van der Waals surface area contributed by atoms with E-state index >= 15 is 0 Å². The Morgan fingerprint density at radius 3 is 2.21 bits per heavy atom. The van der Waals surface area contributed by atoms with Gasteiger partial charge in [0.05, 0.1) is 5.41 Å². The molecule has 0 saturated carbocycles. The molecule has 136 valence electrons. The molecule has 0 aromatic carbocycles. The van der Waals surface area contributed by atoms with Crippen LogP contribution in [0.3, 0.4) is 0 Å². The summed E-state index contributed by atoms with van der Waals surface area (Å²) in [5.74, 6) is 1.84. The fourth-order valence-corrected chi connectivity index (χ4v) is 2.95. The van der Waals surface area contributed by atoms with Crippen LogP contribution in [0, 0.1) is 5.41 Å². The number of hydrogen-bond donors (Lipinski definition) is 0. The van der Waals surface area contributed by atoms with Crippen molar-refractivity contribution in [3.63, 3.8) is 0 Å². The molecule has 0 saturated heterocycles. The van der Waals surface area contributed by atoms with Gasteiger partial charge in [-0.3, -0.25) is 0 Å². The molecular formula is C22H36O2. The lowest BCUT2D eigenvalue weighted by atomic mass is 9.84. The molecule has 1 atom stereocenters. The van der Waals surface area contributed by atoms with Gasteiger partial charge in [0.25, 0.3) is 0 Å². The molecule has 24 heavy (non-hydrogen) atoms. The molecule has 0 radical (unpaired) electrons. The Morgan fingerprint density at radius 2 is 1.62 bits per heavy atom. The second-order valence-electron chi connectivity index (χ2n) is 7.57. The summed E-state index contributed by atoms with van der Waals surface area (Å²) in [5.41, 5.74) is 2.03. The first-order valence-corrected chi connectivity index (χ1v) is 9.64. The van der Waals surface area contributed by atoms with Crippen molar-refractivity contribution in [1.29, 1.82) is 0 Å². The second-order valence-corrected chi connectivity index (χ2v) is 7.57. The van der Waals surface area contributed by atoms with Gasteiger partial charge in [-0.05, 0) is 46.1 Å². The zero-order chi connectivity index (χ0) is 18.0. The Morgan fingerprint density at radius 1 is 1.00 bits per heavy atom. The number of carbonyl (C=O) groups excluding carboxylic acids is 1. The van der Waals surface area contributed by atoms with Gasteiger partial charge in [0.2, 0.25) is 0 Å². The van der Waals surface area contributed by atoms with Crippen molar-refractivity contribution in [2.45, 2.75) is 92.4 Å². The molecule has 0 amide bonds. The average Bonchev–Trinajstić information content (AvgIpc) is 3.34. The van der Waals surface area contributed by atoms with E-state index in [2.05, 4.69) is 39.8 Å². The van der Waals surface area contributed by atoms with E-state index in [-0.39, 0.29) is 0 Å². The lowest BCUT2D eigenvalue weighted by molar-refractivity contribution is -0.114. The molecule has 0 aromatic heterocycles. The van der Waals surface area contributed by atoms with E-state index in [9.17, 15) is 4.79 Å². The Hall–Kier alpha value is -1.31. The van der Waals surface area contributed by atoms with Crippen molar-refractivity contribution in [2.24, 2.45) is 5.41 Å². The van der Waals surface area contributed by atoms with Gasteiger partial charge in [0.1, 0.15) is 6.29 Å². The number of allylic oxidation sites excluding steroid dienone is 5. The van der Waals surface area contributed by atoms with Gasteiger partial charge in [-0.15, -0.1) is 0 Å². The molecule has 0 aliphatic carbocycles. The molecule has 0 bridgehead atoms. The highest BCUT2D eigenvalue weighted by Gasteiger charge is 2.42. The summed E-state index contributed by atoms with van der Waals surface area (Å²) in [6, 6.07) is 0. The maximum Gasteiger partial charge on any atom is 0.169 e. The maximum atomic E-state index is 11.6. The van der Waals surface area contributed by atoms with Crippen LogP contribution in [-0.4, -0.2) is 6.29 Å². The minimum Gasteiger partial charge on any atom is -0.453 e. The first-order valence-electron chi connectivity index (χ1n) is 9.64. The van der Waals surface area contributed by atoms with Crippen molar-refractivity contribution in [2.75, 3.05) is 0 Å². The summed E-state index contributed by atoms with van der Waals surface area (Å²) in [6.07, 6.45) is 16.2. The predicted molar refractivity (Wildman–Crippen MR) is 103 cm³/mol. The van der Waals surface area contributed by atoms with Gasteiger partial charge in [-0.2, -0.15) is 0 Å². The molecule has 1 unspecified atom stereocenters. The predicted octanol–water partition coefficient (Wildman–Crippen LogP) is 6.88. The van der Waals surface area contributed by atoms with Crippen LogP contribution in [0.1, 0.15) is 92.4 Å². The summed E-state index contributed by atoms with van der Waals surface area (Å²) in [7, 11) is 0. The third-order valence-electron chi connectivity index (χ3n) is 4.76. The molecule has 0 fully saturated rings. The van der Waals surface area contributed by atoms with Crippen LogP contribution >= 0.6 is 0 Å². The average molecular weight is 333 g/mol. The van der Waals surface area contributed by atoms with E-state index in [1.165, 1.54) is 44.1 Å². The molecular weight excluding hydrogens is 296 g/mol. The van der Waals surface area contributed by atoms with Crippen LogP contribution in [0.25, 0.3) is 0 Å². The zero-order valence-corrected chi connectivity index (χ0v) is 16.4. The van der Waals surface area contributed by atoms with Gasteiger partial charge in [-0.25, -0.2) is 0 Å². The smallest absolute Gasteiger partial charge is 0.169 e. The Kier molecular flexibility index (Phi) is 9.10. The lowest BCUT2D eigenvalue weighted by Crippen LogP contribution is -2.17. The summed E-state index contributed by atoms with van der Waals surface area (Å²) in [5, 5.41) is 0. The Bertz CT molecular complexity index is 492. The van der Waals surface area contributed by atoms with Crippen molar-refractivity contribution in [3.05, 3.63) is 34.8 Å². The molecule has 0 aromatic rings. The minimum atomic E-state index is -0.440. The number of ether oxygens (including phenoxy) is 1. The van der Waals surface area contributed by atoms with Gasteiger partial charge in [-0.1, -0.05) is 69.6 Å². The fraction of sp³-hybridized carbons (Fsp3) is 0.682. The van der Waals surface area contributed by atoms with Gasteiger partial charge >= 0.3 is 0 Å². The molecule has 1 heterocycles. The SMILES string of the molecule is CCCCCCCCCC(C)(C=O)C1=C(C(C)=CCC=C(C)C)O1. The number of aldehydes is 1. The van der Waals surface area contributed by atoms with E-state index in [0.29, 0.717) is 0 Å². The number of unbranched alkanes of at least 4 members (excludes halogenated alkanes) is 6. The number of rotatable bonds is 13. The Balaban J connectivity index is 2.45. The lowest BCUT2D eigenvalue weighted by Gasteiger charge is -2.16. The summed E-state index contributed by atoms with van der Waals surface area (Å²) in [4.78, 5) is 11.6. The van der Waals surface area contributed by atoms with Crippen LogP contribution in [0.5, 0.6) is 0 Å². The van der Waals surface area contributed by atoms with E-state index in [0.717, 1.165) is 42.6 Å². The van der Waals surface area contributed by atoms with Crippen LogP contribution in [0.15, 0.2) is 34.8 Å². The standard InChI is InChI=1S/C22H36O2/c1-6-7-8-9-10-11-12-16-22(5,17-23)21-20(24-21)19(4)15-13-14-18(2)3/h14-15,17H,6-13,16H2,1-5H3. The molecule has 0 spiro atoms. The fourth-order valence-electron chi connectivity index (χ4n) is 2.95. The Labute approximate surface area is 149 Å². The monoisotopic (exact) mass is 332 g/mol. The first kappa shape index (κ1) is 20.7. The van der Waals surface area contributed by atoms with E-state index in [1.54, 1.807) is 0 Å². The van der Waals surface area contributed by atoms with Crippen LogP contribution in [-0.2, 0) is 9.53 Å². The highest BCUT2D eigenvalue weighted by Crippen LogP contribution is 2.46. The quantitative estimate of drug-likeness (QED) is 0.209. The van der Waals surface area contributed by atoms with Crippen LogP contribution in [0.4, 0.5) is 0 Å². The normalized spacial score (nSPS) is 16.5. The topological polar surface area (TPSA) is 29.6 Å². The molecule has 2 nitrogen and oxygen atoms in total. The van der Waals surface area contributed by atoms with Gasteiger partial charge in [0, 0.05) is 0 Å². The van der Waals surface area contributed by atoms with Gasteiger partial charge in [0.15, 0.2) is 11.5 Å². The van der Waals surface area contributed by atoms with Crippen LogP contribution < -0.4 is 0 Å².